The van der Waals surface area contributed by atoms with Gasteiger partial charge in [-0.3, -0.25) is 9.59 Å². The molecule has 0 radical (unpaired) electrons. The molecule has 10 heteroatoms. The Morgan fingerprint density at radius 1 is 1.06 bits per heavy atom. The molecule has 3 rings (SSSR count). The Morgan fingerprint density at radius 3 is 2.36 bits per heavy atom. The number of carbonyl (C=O) groups is 2. The van der Waals surface area contributed by atoms with Crippen molar-refractivity contribution in [1.82, 2.24) is 9.88 Å². The van der Waals surface area contributed by atoms with Gasteiger partial charge < -0.3 is 19.3 Å². The Bertz CT molecular complexity index is 972. The minimum absolute atomic E-state index is 0.00230. The second-order valence-electron chi connectivity index (χ2n) is 7.64. The summed E-state index contributed by atoms with van der Waals surface area (Å²) < 4.78 is 49.0. The van der Waals surface area contributed by atoms with Crippen LogP contribution in [0.3, 0.4) is 0 Å². The first-order chi connectivity index (χ1) is 15.7. The lowest BCUT2D eigenvalue weighted by Gasteiger charge is -2.35. The molecular weight excluding hydrogens is 439 g/mol. The van der Waals surface area contributed by atoms with E-state index in [1.165, 1.54) is 20.1 Å². The molecule has 178 valence electrons. The van der Waals surface area contributed by atoms with Gasteiger partial charge in [0, 0.05) is 44.4 Å². The summed E-state index contributed by atoms with van der Waals surface area (Å²) in [7, 11) is 1.50. The molecule has 0 spiro atoms. The van der Waals surface area contributed by atoms with E-state index in [-0.39, 0.29) is 11.7 Å². The second kappa shape index (κ2) is 10.5. The van der Waals surface area contributed by atoms with Gasteiger partial charge >= 0.3 is 6.18 Å². The third-order valence-electron chi connectivity index (χ3n) is 5.39. The number of aromatic nitrogens is 1. The molecule has 7 nitrogen and oxygen atoms in total. The predicted octanol–water partition coefficient (Wildman–Crippen LogP) is 3.82. The van der Waals surface area contributed by atoms with Gasteiger partial charge in [-0.1, -0.05) is 0 Å². The van der Waals surface area contributed by atoms with Gasteiger partial charge in [0.05, 0.1) is 19.3 Å². The Labute approximate surface area is 190 Å². The highest BCUT2D eigenvalue weighted by atomic mass is 19.4. The van der Waals surface area contributed by atoms with E-state index in [2.05, 4.69) is 4.98 Å². The molecule has 2 heterocycles. The molecule has 1 aromatic carbocycles. The molecule has 0 unspecified atom stereocenters. The number of anilines is 1. The second-order valence-corrected chi connectivity index (χ2v) is 7.64. The van der Waals surface area contributed by atoms with Crippen LogP contribution in [0.4, 0.5) is 19.0 Å². The maximum absolute atomic E-state index is 12.7. The third-order valence-corrected chi connectivity index (χ3v) is 5.39. The van der Waals surface area contributed by atoms with Crippen molar-refractivity contribution in [2.45, 2.75) is 25.9 Å². The number of rotatable bonds is 8. The van der Waals surface area contributed by atoms with E-state index in [1.54, 1.807) is 23.1 Å². The molecule has 0 bridgehead atoms. The number of alkyl halides is 3. The van der Waals surface area contributed by atoms with E-state index >= 15 is 0 Å². The number of ketones is 1. The maximum Gasteiger partial charge on any atom is 0.417 e. The average molecular weight is 465 g/mol. The fourth-order valence-corrected chi connectivity index (χ4v) is 3.50. The van der Waals surface area contributed by atoms with Gasteiger partial charge in [-0.2, -0.15) is 13.2 Å². The van der Waals surface area contributed by atoms with Crippen molar-refractivity contribution in [2.24, 2.45) is 0 Å². The van der Waals surface area contributed by atoms with Gasteiger partial charge in [0.25, 0.3) is 0 Å². The number of Topliss-reactive ketones (excluding diaryl/α,β-unsaturated/α-hetero) is 1. The number of carbonyl (C=O) groups excluding carboxylic acids is 2. The van der Waals surface area contributed by atoms with Crippen LogP contribution in [0.25, 0.3) is 0 Å². The highest BCUT2D eigenvalue weighted by Crippen LogP contribution is 2.30. The van der Waals surface area contributed by atoms with Crippen molar-refractivity contribution in [3.8, 4) is 11.5 Å². The van der Waals surface area contributed by atoms with E-state index in [4.69, 9.17) is 9.47 Å². The van der Waals surface area contributed by atoms with Gasteiger partial charge in [0.2, 0.25) is 5.91 Å². The summed E-state index contributed by atoms with van der Waals surface area (Å²) in [6.07, 6.45) is -2.76. The van der Waals surface area contributed by atoms with E-state index in [1.807, 2.05) is 4.90 Å². The zero-order chi connectivity index (χ0) is 24.0. The molecule has 0 atom stereocenters. The fourth-order valence-electron chi connectivity index (χ4n) is 3.50. The fraction of sp³-hybridized carbons (Fsp3) is 0.435. The van der Waals surface area contributed by atoms with Crippen LogP contribution < -0.4 is 14.4 Å². The number of ether oxygens (including phenoxy) is 2. The summed E-state index contributed by atoms with van der Waals surface area (Å²) in [4.78, 5) is 31.5. The molecule has 1 aliphatic rings. The Kier molecular flexibility index (Phi) is 7.78. The number of piperazine rings is 1. The number of halogens is 3. The summed E-state index contributed by atoms with van der Waals surface area (Å²) in [5.41, 5.74) is -0.255. The Balaban J connectivity index is 1.42. The minimum Gasteiger partial charge on any atom is -0.493 e. The molecule has 0 aliphatic carbocycles. The van der Waals surface area contributed by atoms with E-state index in [0.717, 1.165) is 12.3 Å². The van der Waals surface area contributed by atoms with E-state index in [9.17, 15) is 22.8 Å². The average Bonchev–Trinajstić information content (AvgIpc) is 2.81. The summed E-state index contributed by atoms with van der Waals surface area (Å²) >= 11 is 0. The summed E-state index contributed by atoms with van der Waals surface area (Å²) in [6.45, 7) is 3.74. The number of amides is 1. The van der Waals surface area contributed by atoms with Crippen molar-refractivity contribution >= 4 is 17.5 Å². The Morgan fingerprint density at radius 2 is 1.79 bits per heavy atom. The molecule has 1 aliphatic heterocycles. The zero-order valence-corrected chi connectivity index (χ0v) is 18.5. The van der Waals surface area contributed by atoms with Gasteiger partial charge in [0.1, 0.15) is 5.82 Å². The normalized spacial score (nSPS) is 14.2. The first kappa shape index (κ1) is 24.3. The molecular formula is C23H26F3N3O4. The monoisotopic (exact) mass is 465 g/mol. The van der Waals surface area contributed by atoms with Crippen LogP contribution in [0.5, 0.6) is 11.5 Å². The van der Waals surface area contributed by atoms with Crippen molar-refractivity contribution in [3.63, 3.8) is 0 Å². The largest absolute Gasteiger partial charge is 0.493 e. The smallest absolute Gasteiger partial charge is 0.417 e. The minimum atomic E-state index is -4.41. The van der Waals surface area contributed by atoms with Crippen molar-refractivity contribution < 1.29 is 32.2 Å². The quantitative estimate of drug-likeness (QED) is 0.436. The van der Waals surface area contributed by atoms with E-state index in [0.29, 0.717) is 68.5 Å². The highest BCUT2D eigenvalue weighted by molar-refractivity contribution is 5.94. The van der Waals surface area contributed by atoms with Crippen LogP contribution in [0.1, 0.15) is 35.7 Å². The Hall–Kier alpha value is -3.30. The van der Waals surface area contributed by atoms with Gasteiger partial charge in [-0.25, -0.2) is 4.98 Å². The number of methoxy groups -OCH3 is 1. The summed E-state index contributed by atoms with van der Waals surface area (Å²) in [6, 6.07) is 7.33. The zero-order valence-electron chi connectivity index (χ0n) is 18.5. The number of hydrogen-bond acceptors (Lipinski definition) is 6. The number of hydrogen-bond donors (Lipinski definition) is 0. The van der Waals surface area contributed by atoms with Crippen LogP contribution in [0, 0.1) is 0 Å². The van der Waals surface area contributed by atoms with Crippen LogP contribution in [0.15, 0.2) is 36.5 Å². The lowest BCUT2D eigenvalue weighted by Crippen LogP contribution is -2.49. The van der Waals surface area contributed by atoms with Gasteiger partial charge in [-0.05, 0) is 43.7 Å². The SMILES string of the molecule is COc1cc(C(C)=O)ccc1OCCCC(=O)N1CCN(c2ccc(C(F)(F)F)cn2)CC1. The number of benzene rings is 1. The maximum atomic E-state index is 12.7. The predicted molar refractivity (Wildman–Crippen MR) is 116 cm³/mol. The van der Waals surface area contributed by atoms with Crippen LogP contribution in [0.2, 0.25) is 0 Å². The summed E-state index contributed by atoms with van der Waals surface area (Å²) in [5.74, 6) is 1.36. The van der Waals surface area contributed by atoms with Gasteiger partial charge in [0.15, 0.2) is 17.3 Å². The van der Waals surface area contributed by atoms with Crippen molar-refractivity contribution in [2.75, 3.05) is 44.8 Å². The molecule has 1 amide bonds. The molecule has 0 N–H and O–H groups in total. The van der Waals surface area contributed by atoms with Gasteiger partial charge in [-0.15, -0.1) is 0 Å². The number of pyridine rings is 1. The molecule has 1 saturated heterocycles. The third kappa shape index (κ3) is 6.36. The number of nitrogens with zero attached hydrogens (tertiary/aromatic N) is 3. The van der Waals surface area contributed by atoms with Crippen LogP contribution in [-0.4, -0.2) is 61.5 Å². The topological polar surface area (TPSA) is 72.0 Å². The standard InChI is InChI=1S/C23H26F3N3O4/c1-16(30)17-5-7-19(20(14-17)32-2)33-13-3-4-22(31)29-11-9-28(10-12-29)21-8-6-18(15-27-21)23(24,25)26/h5-8,14-15H,3-4,9-13H2,1-2H3. The van der Waals surface area contributed by atoms with Crippen LogP contribution in [-0.2, 0) is 11.0 Å². The lowest BCUT2D eigenvalue weighted by atomic mass is 10.1. The molecule has 1 aromatic heterocycles. The van der Waals surface area contributed by atoms with Crippen molar-refractivity contribution in [1.29, 1.82) is 0 Å². The molecule has 33 heavy (non-hydrogen) atoms. The summed E-state index contributed by atoms with van der Waals surface area (Å²) in [5, 5.41) is 0. The first-order valence-corrected chi connectivity index (χ1v) is 10.6. The van der Waals surface area contributed by atoms with E-state index < -0.39 is 11.7 Å². The van der Waals surface area contributed by atoms with Crippen molar-refractivity contribution in [3.05, 3.63) is 47.7 Å². The molecule has 1 fully saturated rings. The van der Waals surface area contributed by atoms with Crippen LogP contribution >= 0.6 is 0 Å². The highest BCUT2D eigenvalue weighted by Gasteiger charge is 2.31. The molecule has 0 saturated carbocycles. The molecule has 2 aromatic rings. The lowest BCUT2D eigenvalue weighted by molar-refractivity contribution is -0.138. The first-order valence-electron chi connectivity index (χ1n) is 10.6.